The minimum absolute atomic E-state index is 0.333. The number of aliphatic hydroxyl groups is 3. The van der Waals surface area contributed by atoms with Crippen LogP contribution < -0.4 is 11.2 Å². The molecule has 4 atom stereocenters. The fourth-order valence-electron chi connectivity index (χ4n) is 3.08. The van der Waals surface area contributed by atoms with Crippen LogP contribution >= 0.6 is 0 Å². The zero-order chi connectivity index (χ0) is 18.5. The van der Waals surface area contributed by atoms with Crippen LogP contribution in [-0.2, 0) is 4.74 Å². The van der Waals surface area contributed by atoms with Gasteiger partial charge in [-0.05, 0) is 5.04 Å². The van der Waals surface area contributed by atoms with Gasteiger partial charge < -0.3 is 20.1 Å². The summed E-state index contributed by atoms with van der Waals surface area (Å²) in [5, 5.41) is 29.7. The number of hydrogen-bond donors (Lipinski definition) is 4. The number of aromatic amines is 1. The summed E-state index contributed by atoms with van der Waals surface area (Å²) in [4.78, 5) is 25.6. The number of aliphatic hydroxyl groups excluding tert-OH is 2. The van der Waals surface area contributed by atoms with Crippen LogP contribution in [0.4, 0.5) is 0 Å². The van der Waals surface area contributed by atoms with Gasteiger partial charge in [0.15, 0.2) is 6.23 Å². The standard InChI is InChI=1S/C15H26N2O6Si/c1-14(2,3)24(4,5)15(22)11(20)9(8-18)23-12(15)17-7-6-10(19)16-13(17)21/h6-7,9,11-12,18,20,22H,8H2,1-5H3,(H,16,19,21)/t9-,11-,12-,15+/m1/s1. The maximum atomic E-state index is 12.2. The molecular formula is C15H26N2O6Si. The van der Waals surface area contributed by atoms with Crippen molar-refractivity contribution in [2.45, 2.75) is 62.6 Å². The first-order valence-corrected chi connectivity index (χ1v) is 10.9. The molecule has 0 saturated carbocycles. The van der Waals surface area contributed by atoms with Crippen molar-refractivity contribution < 1.29 is 20.1 Å². The van der Waals surface area contributed by atoms with Crippen molar-refractivity contribution in [3.63, 3.8) is 0 Å². The van der Waals surface area contributed by atoms with E-state index in [-0.39, 0.29) is 5.04 Å². The fraction of sp³-hybridized carbons (Fsp3) is 0.733. The molecule has 0 aromatic carbocycles. The van der Waals surface area contributed by atoms with Gasteiger partial charge in [0, 0.05) is 12.3 Å². The molecular weight excluding hydrogens is 332 g/mol. The lowest BCUT2D eigenvalue weighted by atomic mass is 10.1. The zero-order valence-electron chi connectivity index (χ0n) is 14.6. The van der Waals surface area contributed by atoms with Gasteiger partial charge >= 0.3 is 5.69 Å². The van der Waals surface area contributed by atoms with Crippen molar-refractivity contribution in [3.05, 3.63) is 33.1 Å². The fourth-order valence-corrected chi connectivity index (χ4v) is 6.04. The predicted molar refractivity (Wildman–Crippen MR) is 90.5 cm³/mol. The maximum absolute atomic E-state index is 12.2. The van der Waals surface area contributed by atoms with Crippen LogP contribution in [0.15, 0.2) is 21.9 Å². The molecule has 2 heterocycles. The van der Waals surface area contributed by atoms with Crippen LogP contribution in [0.25, 0.3) is 0 Å². The monoisotopic (exact) mass is 358 g/mol. The highest BCUT2D eigenvalue weighted by Crippen LogP contribution is 2.52. The highest BCUT2D eigenvalue weighted by atomic mass is 28.3. The first-order chi connectivity index (χ1) is 10.9. The lowest BCUT2D eigenvalue weighted by Gasteiger charge is -2.50. The minimum Gasteiger partial charge on any atom is -0.394 e. The Morgan fingerprint density at radius 3 is 2.42 bits per heavy atom. The number of rotatable bonds is 3. The third-order valence-electron chi connectivity index (χ3n) is 5.64. The zero-order valence-corrected chi connectivity index (χ0v) is 15.6. The summed E-state index contributed by atoms with van der Waals surface area (Å²) in [6.45, 7) is 9.20. The molecule has 0 radical (unpaired) electrons. The van der Waals surface area contributed by atoms with Gasteiger partial charge in [-0.1, -0.05) is 33.9 Å². The van der Waals surface area contributed by atoms with E-state index in [4.69, 9.17) is 4.74 Å². The van der Waals surface area contributed by atoms with Crippen molar-refractivity contribution >= 4 is 8.07 Å². The number of H-pyrrole nitrogens is 1. The van der Waals surface area contributed by atoms with Crippen molar-refractivity contribution in [2.75, 3.05) is 6.61 Å². The van der Waals surface area contributed by atoms with E-state index in [1.54, 1.807) is 0 Å². The van der Waals surface area contributed by atoms with E-state index in [0.717, 1.165) is 10.6 Å². The summed E-state index contributed by atoms with van der Waals surface area (Å²) < 4.78 is 6.72. The van der Waals surface area contributed by atoms with E-state index in [9.17, 15) is 24.9 Å². The Morgan fingerprint density at radius 1 is 1.38 bits per heavy atom. The molecule has 8 nitrogen and oxygen atoms in total. The van der Waals surface area contributed by atoms with E-state index < -0.39 is 49.6 Å². The molecule has 24 heavy (non-hydrogen) atoms. The van der Waals surface area contributed by atoms with Gasteiger partial charge in [0.25, 0.3) is 5.56 Å². The van der Waals surface area contributed by atoms with Crippen molar-refractivity contribution in [3.8, 4) is 0 Å². The van der Waals surface area contributed by atoms with Crippen LogP contribution in [0.5, 0.6) is 0 Å². The Bertz CT molecular complexity index is 722. The molecule has 1 fully saturated rings. The highest BCUT2D eigenvalue weighted by molar-refractivity contribution is 6.83. The molecule has 2 rings (SSSR count). The van der Waals surface area contributed by atoms with Gasteiger partial charge in [-0.3, -0.25) is 14.3 Å². The van der Waals surface area contributed by atoms with Crippen LogP contribution in [-0.4, -0.2) is 57.0 Å². The maximum Gasteiger partial charge on any atom is 0.330 e. The van der Waals surface area contributed by atoms with Gasteiger partial charge in [0.2, 0.25) is 0 Å². The molecule has 9 heteroatoms. The highest BCUT2D eigenvalue weighted by Gasteiger charge is 2.67. The molecule has 0 aliphatic carbocycles. The third kappa shape index (κ3) is 2.60. The SMILES string of the molecule is CC(C)(C)[Si](C)(C)[C@@]1(O)[C@H](O)[C@@H](CO)O[C@H]1n1ccc(=O)[nH]c1=O. The smallest absolute Gasteiger partial charge is 0.330 e. The molecule has 1 saturated heterocycles. The van der Waals surface area contributed by atoms with E-state index in [1.807, 2.05) is 33.9 Å². The second-order valence-electron chi connectivity index (χ2n) is 7.87. The average molecular weight is 358 g/mol. The van der Waals surface area contributed by atoms with E-state index in [2.05, 4.69) is 4.98 Å². The Hall–Kier alpha value is -1.26. The Labute approximate surface area is 140 Å². The van der Waals surface area contributed by atoms with Crippen molar-refractivity contribution in [1.82, 2.24) is 9.55 Å². The van der Waals surface area contributed by atoms with Crippen molar-refractivity contribution in [2.24, 2.45) is 0 Å². The summed E-state index contributed by atoms with van der Waals surface area (Å²) in [5.74, 6) is 0. The Morgan fingerprint density at radius 2 is 1.96 bits per heavy atom. The third-order valence-corrected chi connectivity index (χ3v) is 11.9. The molecule has 1 aromatic rings. The normalized spacial score (nSPS) is 31.4. The number of hydrogen-bond acceptors (Lipinski definition) is 6. The summed E-state index contributed by atoms with van der Waals surface area (Å²) in [6, 6.07) is 1.15. The van der Waals surface area contributed by atoms with E-state index in [0.29, 0.717) is 0 Å². The minimum atomic E-state index is -2.68. The topological polar surface area (TPSA) is 125 Å². The molecule has 0 spiro atoms. The van der Waals surface area contributed by atoms with Gasteiger partial charge in [-0.25, -0.2) is 4.79 Å². The van der Waals surface area contributed by atoms with E-state index in [1.165, 1.54) is 6.20 Å². The lowest BCUT2D eigenvalue weighted by molar-refractivity contribution is -0.0717. The van der Waals surface area contributed by atoms with Gasteiger partial charge in [-0.2, -0.15) is 0 Å². The first-order valence-electron chi connectivity index (χ1n) is 7.86. The molecule has 0 amide bonds. The molecule has 1 aliphatic heterocycles. The second kappa shape index (κ2) is 5.92. The van der Waals surface area contributed by atoms with Gasteiger partial charge in [0.05, 0.1) is 14.7 Å². The van der Waals surface area contributed by atoms with Crippen LogP contribution in [0, 0.1) is 0 Å². The number of nitrogens with one attached hydrogen (secondary N) is 1. The lowest BCUT2D eigenvalue weighted by Crippen LogP contribution is -2.68. The van der Waals surface area contributed by atoms with Gasteiger partial charge in [-0.15, -0.1) is 0 Å². The van der Waals surface area contributed by atoms with E-state index >= 15 is 0 Å². The summed E-state index contributed by atoms with van der Waals surface area (Å²) in [6.07, 6.45) is -2.34. The second-order valence-corrected chi connectivity index (χ2v) is 13.4. The first kappa shape index (κ1) is 19.1. The largest absolute Gasteiger partial charge is 0.394 e. The average Bonchev–Trinajstić information content (AvgIpc) is 2.72. The number of nitrogens with zero attached hydrogens (tertiary/aromatic N) is 1. The molecule has 1 aromatic heterocycles. The molecule has 1 aliphatic rings. The number of aromatic nitrogens is 2. The number of ether oxygens (including phenoxy) is 1. The Kier molecular flexibility index (Phi) is 4.70. The summed E-state index contributed by atoms with van der Waals surface area (Å²) in [7, 11) is -2.68. The molecule has 0 bridgehead atoms. The summed E-state index contributed by atoms with van der Waals surface area (Å²) >= 11 is 0. The van der Waals surface area contributed by atoms with Crippen LogP contribution in [0.2, 0.25) is 18.1 Å². The quantitative estimate of drug-likeness (QED) is 0.543. The molecule has 136 valence electrons. The summed E-state index contributed by atoms with van der Waals surface area (Å²) in [5.41, 5.74) is -1.31. The molecule has 0 unspecified atom stereocenters. The predicted octanol–water partition coefficient (Wildman–Crippen LogP) is -0.434. The van der Waals surface area contributed by atoms with Crippen LogP contribution in [0.3, 0.4) is 0 Å². The van der Waals surface area contributed by atoms with Crippen molar-refractivity contribution in [1.29, 1.82) is 0 Å². The van der Waals surface area contributed by atoms with Gasteiger partial charge in [0.1, 0.15) is 17.4 Å². The molecule has 4 N–H and O–H groups in total. The Balaban J connectivity index is 2.68. The van der Waals surface area contributed by atoms with Crippen LogP contribution in [0.1, 0.15) is 27.0 Å².